The number of halogens is 1. The molecule has 8 heteroatoms. The molecule has 2 N–H and O–H groups in total. The van der Waals surface area contributed by atoms with E-state index >= 15 is 0 Å². The Morgan fingerprint density at radius 1 is 1.18 bits per heavy atom. The van der Waals surface area contributed by atoms with E-state index in [9.17, 15) is 13.6 Å². The van der Waals surface area contributed by atoms with Crippen LogP contribution in [0.15, 0.2) is 60.7 Å². The molecule has 0 saturated carbocycles. The smallest absolute Gasteiger partial charge is 0.341 e. The largest absolute Gasteiger partial charge is 0.482 e. The van der Waals surface area contributed by atoms with Crippen molar-refractivity contribution < 1.29 is 23.4 Å². The summed E-state index contributed by atoms with van der Waals surface area (Å²) in [4.78, 5) is 10.9. The monoisotopic (exact) mass is 485 g/mol. The Balaban J connectivity index is 1.68. The molecule has 2 unspecified atom stereocenters. The maximum Gasteiger partial charge on any atom is 0.341 e. The lowest BCUT2D eigenvalue weighted by atomic mass is 9.87. The van der Waals surface area contributed by atoms with Crippen LogP contribution in [0.25, 0.3) is 11.1 Å². The molecule has 2 atom stereocenters. The first-order valence-corrected chi connectivity index (χ1v) is 12.0. The molecule has 0 radical (unpaired) electrons. The van der Waals surface area contributed by atoms with Gasteiger partial charge in [-0.1, -0.05) is 41.9 Å². The summed E-state index contributed by atoms with van der Waals surface area (Å²) in [5.41, 5.74) is 5.45. The van der Waals surface area contributed by atoms with Gasteiger partial charge in [-0.05, 0) is 84.3 Å². The van der Waals surface area contributed by atoms with Gasteiger partial charge >= 0.3 is 5.97 Å². The Morgan fingerprint density at radius 2 is 1.94 bits per heavy atom. The number of carboxylic acid groups (broad SMARTS) is 1. The van der Waals surface area contributed by atoms with Gasteiger partial charge in [-0.25, -0.2) is 9.00 Å². The number of hydrogen-bond donors (Lipinski definition) is 2. The van der Waals surface area contributed by atoms with E-state index < -0.39 is 23.8 Å². The van der Waals surface area contributed by atoms with Crippen molar-refractivity contribution in [2.24, 2.45) is 0 Å². The molecule has 0 bridgehead atoms. The number of aliphatic carboxylic acids is 1. The molecule has 6 nitrogen and oxygen atoms in total. The molecule has 0 aromatic heterocycles. The van der Waals surface area contributed by atoms with Gasteiger partial charge in [0.25, 0.3) is 11.3 Å². The van der Waals surface area contributed by atoms with Crippen LogP contribution in [-0.2, 0) is 22.5 Å². The van der Waals surface area contributed by atoms with Crippen LogP contribution in [0.4, 0.5) is 5.69 Å². The minimum absolute atomic E-state index is 0.341. The van der Waals surface area contributed by atoms with Crippen molar-refractivity contribution in [1.82, 2.24) is 0 Å². The van der Waals surface area contributed by atoms with Crippen molar-refractivity contribution in [3.8, 4) is 16.9 Å². The molecule has 4 rings (SSSR count). The van der Waals surface area contributed by atoms with E-state index in [4.69, 9.17) is 21.4 Å². The van der Waals surface area contributed by atoms with Gasteiger partial charge in [-0.15, -0.1) is 0 Å². The highest BCUT2D eigenvalue weighted by atomic mass is 35.5. The highest BCUT2D eigenvalue weighted by molar-refractivity contribution is 7.80. The molecule has 0 saturated heterocycles. The van der Waals surface area contributed by atoms with E-state index in [0.29, 0.717) is 22.9 Å². The Labute approximate surface area is 200 Å². The van der Waals surface area contributed by atoms with Gasteiger partial charge in [0.05, 0.1) is 11.7 Å². The van der Waals surface area contributed by atoms with Crippen LogP contribution in [0.5, 0.6) is 5.75 Å². The average Bonchev–Trinajstić information content (AvgIpc) is 2.80. The van der Waals surface area contributed by atoms with E-state index in [2.05, 4.69) is 0 Å². The lowest BCUT2D eigenvalue weighted by molar-refractivity contribution is -0.139. The van der Waals surface area contributed by atoms with Crippen LogP contribution in [0, 0.1) is 6.92 Å². The third-order valence-electron chi connectivity index (χ3n) is 5.87. The minimum Gasteiger partial charge on any atom is -0.482 e. The third-order valence-corrected chi connectivity index (χ3v) is 6.90. The number of carboxylic acids is 1. The summed E-state index contributed by atoms with van der Waals surface area (Å²) in [7, 11) is 0. The fraction of sp³-hybridized carbons (Fsp3) is 0.240. The zero-order valence-corrected chi connectivity index (χ0v) is 19.6. The van der Waals surface area contributed by atoms with E-state index in [1.165, 1.54) is 4.31 Å². The molecular weight excluding hydrogens is 462 g/mol. The number of carbonyl (C=O) groups is 1. The SMILES string of the molecule is Cc1ccc(Cl)cc1-c1ccc(N(C2CCCc3c(OCC(=O)O)cccc32)S(=O)O)cc1. The normalized spacial score (nSPS) is 16.0. The molecule has 0 aliphatic heterocycles. The Kier molecular flexibility index (Phi) is 7.02. The van der Waals surface area contributed by atoms with E-state index in [0.717, 1.165) is 40.7 Å². The Bertz CT molecular complexity index is 1200. The van der Waals surface area contributed by atoms with Crippen LogP contribution < -0.4 is 9.04 Å². The van der Waals surface area contributed by atoms with E-state index in [-0.39, 0.29) is 6.04 Å². The van der Waals surface area contributed by atoms with Crippen LogP contribution in [0.3, 0.4) is 0 Å². The molecular formula is C25H24ClNO5S. The quantitative estimate of drug-likeness (QED) is 0.413. The van der Waals surface area contributed by atoms with Gasteiger partial charge in [-0.2, -0.15) is 0 Å². The van der Waals surface area contributed by atoms with Gasteiger partial charge in [0, 0.05) is 5.02 Å². The zero-order valence-electron chi connectivity index (χ0n) is 18.0. The second kappa shape index (κ2) is 9.95. The summed E-state index contributed by atoms with van der Waals surface area (Å²) in [5, 5.41) is 9.61. The number of anilines is 1. The lowest BCUT2D eigenvalue weighted by Gasteiger charge is -2.35. The molecule has 0 fully saturated rings. The maximum atomic E-state index is 12.5. The van der Waals surface area contributed by atoms with Crippen molar-refractivity contribution in [3.05, 3.63) is 82.4 Å². The summed E-state index contributed by atoms with van der Waals surface area (Å²) >= 11 is 3.91. The number of ether oxygens (including phenoxy) is 1. The summed E-state index contributed by atoms with van der Waals surface area (Å²) in [6.45, 7) is 1.58. The summed E-state index contributed by atoms with van der Waals surface area (Å²) in [6, 6.07) is 18.3. The summed E-state index contributed by atoms with van der Waals surface area (Å²) in [6.07, 6.45) is 2.20. The van der Waals surface area contributed by atoms with Gasteiger partial charge in [0.2, 0.25) is 0 Å². The third kappa shape index (κ3) is 5.05. The standard InChI is InChI=1S/C25H24ClNO5S/c1-16-8-11-18(26)14-22(16)17-9-12-19(13-10-17)27(33(30)31)23-6-2-5-21-20(23)4-3-7-24(21)32-15-25(28)29/h3-4,7-14,23H,2,5-6,15H2,1H3,(H,28,29)(H,30,31). The van der Waals surface area contributed by atoms with Crippen LogP contribution in [0.1, 0.15) is 35.6 Å². The Morgan fingerprint density at radius 3 is 2.64 bits per heavy atom. The maximum absolute atomic E-state index is 12.5. The molecule has 3 aromatic rings. The number of fused-ring (bicyclic) bond motifs is 1. The van der Waals surface area contributed by atoms with Crippen LogP contribution in [-0.4, -0.2) is 26.4 Å². The molecule has 0 spiro atoms. The van der Waals surface area contributed by atoms with Crippen LogP contribution >= 0.6 is 11.6 Å². The van der Waals surface area contributed by atoms with Crippen molar-refractivity contribution in [1.29, 1.82) is 0 Å². The fourth-order valence-electron chi connectivity index (χ4n) is 4.38. The van der Waals surface area contributed by atoms with E-state index in [1.807, 2.05) is 55.5 Å². The number of nitrogens with zero attached hydrogens (tertiary/aromatic N) is 1. The van der Waals surface area contributed by atoms with Crippen molar-refractivity contribution in [2.45, 2.75) is 32.2 Å². The fourth-order valence-corrected chi connectivity index (χ4v) is 5.29. The first-order valence-electron chi connectivity index (χ1n) is 10.6. The second-order valence-electron chi connectivity index (χ2n) is 7.98. The van der Waals surface area contributed by atoms with Crippen molar-refractivity contribution in [2.75, 3.05) is 10.9 Å². The molecule has 172 valence electrons. The zero-order chi connectivity index (χ0) is 23.5. The lowest BCUT2D eigenvalue weighted by Crippen LogP contribution is -2.33. The topological polar surface area (TPSA) is 87.1 Å². The molecule has 3 aromatic carbocycles. The predicted octanol–water partition coefficient (Wildman–Crippen LogP) is 5.80. The molecule has 0 heterocycles. The number of benzene rings is 3. The number of rotatable bonds is 7. The molecule has 0 amide bonds. The van der Waals surface area contributed by atoms with Gasteiger partial charge in [0.15, 0.2) is 6.61 Å². The van der Waals surface area contributed by atoms with E-state index in [1.54, 1.807) is 12.1 Å². The first kappa shape index (κ1) is 23.3. The summed E-state index contributed by atoms with van der Waals surface area (Å²) < 4.78 is 29.7. The average molecular weight is 486 g/mol. The second-order valence-corrected chi connectivity index (χ2v) is 9.27. The Hall–Kier alpha value is -2.87. The predicted molar refractivity (Wildman–Crippen MR) is 130 cm³/mol. The van der Waals surface area contributed by atoms with Gasteiger partial charge < -0.3 is 9.84 Å². The molecule has 1 aliphatic carbocycles. The van der Waals surface area contributed by atoms with Gasteiger partial charge in [-0.3, -0.25) is 8.86 Å². The minimum atomic E-state index is -2.26. The highest BCUT2D eigenvalue weighted by Crippen LogP contribution is 2.41. The first-order chi connectivity index (χ1) is 15.8. The number of hydrogen-bond acceptors (Lipinski definition) is 3. The summed E-state index contributed by atoms with van der Waals surface area (Å²) in [5.74, 6) is -0.539. The molecule has 33 heavy (non-hydrogen) atoms. The van der Waals surface area contributed by atoms with Crippen molar-refractivity contribution in [3.63, 3.8) is 0 Å². The van der Waals surface area contributed by atoms with Crippen molar-refractivity contribution >= 4 is 34.5 Å². The van der Waals surface area contributed by atoms with Gasteiger partial charge in [0.1, 0.15) is 5.75 Å². The van der Waals surface area contributed by atoms with Crippen LogP contribution in [0.2, 0.25) is 5.02 Å². The molecule has 1 aliphatic rings. The number of aryl methyl sites for hydroxylation is 1. The highest BCUT2D eigenvalue weighted by Gasteiger charge is 2.31.